The van der Waals surface area contributed by atoms with Gasteiger partial charge in [0.2, 0.25) is 0 Å². The Labute approximate surface area is 124 Å². The van der Waals surface area contributed by atoms with E-state index in [1.54, 1.807) is 0 Å². The molecule has 1 aliphatic rings. The van der Waals surface area contributed by atoms with Gasteiger partial charge in [0.25, 0.3) is 5.91 Å². The predicted molar refractivity (Wildman–Crippen MR) is 78.0 cm³/mol. The molecule has 2 atom stereocenters. The first-order valence-electron chi connectivity index (χ1n) is 7.32. The number of ether oxygens (including phenoxy) is 1. The number of aromatic hydroxyl groups is 1. The first kappa shape index (κ1) is 15.4. The third-order valence-corrected chi connectivity index (χ3v) is 3.90. The van der Waals surface area contributed by atoms with Crippen LogP contribution in [0.4, 0.5) is 0 Å². The summed E-state index contributed by atoms with van der Waals surface area (Å²) in [6.45, 7) is 1.86. The number of nitrogens with one attached hydrogen (secondary N) is 1. The van der Waals surface area contributed by atoms with Crippen LogP contribution >= 0.6 is 0 Å². The molecule has 5 heteroatoms. The minimum atomic E-state index is -0.568. The minimum Gasteiger partial charge on any atom is -0.508 e. The minimum absolute atomic E-state index is 0.0792. The highest BCUT2D eigenvalue weighted by molar-refractivity contribution is 5.91. The van der Waals surface area contributed by atoms with E-state index < -0.39 is 5.97 Å². The van der Waals surface area contributed by atoms with Crippen LogP contribution in [-0.4, -0.2) is 29.6 Å². The van der Waals surface area contributed by atoms with Crippen molar-refractivity contribution in [3.05, 3.63) is 29.8 Å². The zero-order valence-corrected chi connectivity index (χ0v) is 12.2. The van der Waals surface area contributed by atoms with Gasteiger partial charge in [0.05, 0.1) is 5.56 Å². The average Bonchev–Trinajstić information content (AvgIpc) is 2.48. The lowest BCUT2D eigenvalue weighted by Crippen LogP contribution is -2.42. The van der Waals surface area contributed by atoms with E-state index in [1.165, 1.54) is 30.7 Å². The van der Waals surface area contributed by atoms with Crippen molar-refractivity contribution in [3.8, 4) is 5.75 Å². The SMILES string of the molecule is C[C@H]1CCCC[C@@H]1NC(=O)COC(=O)c1ccc(O)cc1. The predicted octanol–water partition coefficient (Wildman–Crippen LogP) is 2.24. The Hall–Kier alpha value is -2.04. The Morgan fingerprint density at radius 3 is 2.57 bits per heavy atom. The molecule has 1 amide bonds. The van der Waals surface area contributed by atoms with Gasteiger partial charge >= 0.3 is 5.97 Å². The maximum absolute atomic E-state index is 11.8. The largest absolute Gasteiger partial charge is 0.508 e. The van der Waals surface area contributed by atoms with Crippen molar-refractivity contribution >= 4 is 11.9 Å². The molecule has 2 rings (SSSR count). The summed E-state index contributed by atoms with van der Waals surface area (Å²) in [5, 5.41) is 12.1. The molecule has 0 unspecified atom stereocenters. The topological polar surface area (TPSA) is 75.6 Å². The van der Waals surface area contributed by atoms with Crippen molar-refractivity contribution in [3.63, 3.8) is 0 Å². The second kappa shape index (κ2) is 7.11. The van der Waals surface area contributed by atoms with Gasteiger partial charge in [-0.3, -0.25) is 4.79 Å². The van der Waals surface area contributed by atoms with Gasteiger partial charge in [0.1, 0.15) is 5.75 Å². The summed E-state index contributed by atoms with van der Waals surface area (Å²) < 4.78 is 4.97. The number of rotatable bonds is 4. The van der Waals surface area contributed by atoms with Crippen LogP contribution in [0.1, 0.15) is 43.0 Å². The van der Waals surface area contributed by atoms with E-state index >= 15 is 0 Å². The van der Waals surface area contributed by atoms with E-state index in [1.807, 2.05) is 0 Å². The number of phenols is 1. The van der Waals surface area contributed by atoms with E-state index in [2.05, 4.69) is 12.2 Å². The van der Waals surface area contributed by atoms with Gasteiger partial charge in [0, 0.05) is 6.04 Å². The third kappa shape index (κ3) is 4.48. The summed E-state index contributed by atoms with van der Waals surface area (Å²) in [5.74, 6) is -0.284. The highest BCUT2D eigenvalue weighted by Crippen LogP contribution is 2.23. The van der Waals surface area contributed by atoms with Gasteiger partial charge in [-0.2, -0.15) is 0 Å². The van der Waals surface area contributed by atoms with E-state index in [9.17, 15) is 9.59 Å². The molecule has 1 aliphatic carbocycles. The normalized spacial score (nSPS) is 21.6. The van der Waals surface area contributed by atoms with Crippen molar-refractivity contribution in [2.45, 2.75) is 38.6 Å². The molecule has 1 aromatic rings. The molecule has 0 radical (unpaired) electrons. The lowest BCUT2D eigenvalue weighted by molar-refractivity contribution is -0.125. The fraction of sp³-hybridized carbons (Fsp3) is 0.500. The molecular weight excluding hydrogens is 270 g/mol. The first-order valence-corrected chi connectivity index (χ1v) is 7.32. The maximum atomic E-state index is 11.8. The number of hydrogen-bond donors (Lipinski definition) is 2. The van der Waals surface area contributed by atoms with E-state index in [-0.39, 0.29) is 24.3 Å². The quantitative estimate of drug-likeness (QED) is 0.834. The Kier molecular flexibility index (Phi) is 5.20. The van der Waals surface area contributed by atoms with Crippen LogP contribution in [0.3, 0.4) is 0 Å². The standard InChI is InChI=1S/C16H21NO4/c1-11-4-2-3-5-14(11)17-15(19)10-21-16(20)12-6-8-13(18)9-7-12/h6-9,11,14,18H,2-5,10H2,1H3,(H,17,19)/t11-,14-/m0/s1. The van der Waals surface area contributed by atoms with Crippen molar-refractivity contribution < 1.29 is 19.4 Å². The van der Waals surface area contributed by atoms with Crippen molar-refractivity contribution in [2.24, 2.45) is 5.92 Å². The number of phenolic OH excluding ortho intramolecular Hbond substituents is 1. The van der Waals surface area contributed by atoms with Gasteiger partial charge in [-0.15, -0.1) is 0 Å². The molecule has 0 saturated heterocycles. The summed E-state index contributed by atoms with van der Waals surface area (Å²) in [4.78, 5) is 23.6. The van der Waals surface area contributed by atoms with E-state index in [0.29, 0.717) is 11.5 Å². The number of carbonyl (C=O) groups is 2. The number of amides is 1. The van der Waals surface area contributed by atoms with Gasteiger partial charge in [-0.05, 0) is 43.0 Å². The van der Waals surface area contributed by atoms with Crippen LogP contribution in [0.15, 0.2) is 24.3 Å². The van der Waals surface area contributed by atoms with Crippen LogP contribution in [0, 0.1) is 5.92 Å². The van der Waals surface area contributed by atoms with Crippen LogP contribution in [0.25, 0.3) is 0 Å². The second-order valence-corrected chi connectivity index (χ2v) is 5.56. The number of carbonyl (C=O) groups excluding carboxylic acids is 2. The monoisotopic (exact) mass is 291 g/mol. The Balaban J connectivity index is 1.78. The zero-order chi connectivity index (χ0) is 15.2. The first-order chi connectivity index (χ1) is 10.1. The summed E-state index contributed by atoms with van der Waals surface area (Å²) in [6, 6.07) is 5.90. The van der Waals surface area contributed by atoms with E-state index in [4.69, 9.17) is 9.84 Å². The number of hydrogen-bond acceptors (Lipinski definition) is 4. The lowest BCUT2D eigenvalue weighted by atomic mass is 9.86. The van der Waals surface area contributed by atoms with Crippen molar-refractivity contribution in [1.82, 2.24) is 5.32 Å². The van der Waals surface area contributed by atoms with Gasteiger partial charge in [0.15, 0.2) is 6.61 Å². The molecule has 21 heavy (non-hydrogen) atoms. The molecule has 1 aromatic carbocycles. The summed E-state index contributed by atoms with van der Waals surface area (Å²) in [7, 11) is 0. The Morgan fingerprint density at radius 2 is 1.90 bits per heavy atom. The van der Waals surface area contributed by atoms with Crippen LogP contribution in [0.5, 0.6) is 5.75 Å². The smallest absolute Gasteiger partial charge is 0.338 e. The molecule has 0 aliphatic heterocycles. The average molecular weight is 291 g/mol. The summed E-state index contributed by atoms with van der Waals surface area (Å²) >= 11 is 0. The molecule has 114 valence electrons. The van der Waals surface area contributed by atoms with Crippen molar-refractivity contribution in [2.75, 3.05) is 6.61 Å². The highest BCUT2D eigenvalue weighted by atomic mass is 16.5. The maximum Gasteiger partial charge on any atom is 0.338 e. The fourth-order valence-electron chi connectivity index (χ4n) is 2.59. The van der Waals surface area contributed by atoms with Gasteiger partial charge in [-0.25, -0.2) is 4.79 Å². The molecule has 0 heterocycles. The number of benzene rings is 1. The Bertz CT molecular complexity index is 498. The van der Waals surface area contributed by atoms with Crippen molar-refractivity contribution in [1.29, 1.82) is 0 Å². The summed E-state index contributed by atoms with van der Waals surface area (Å²) in [6.07, 6.45) is 4.45. The molecule has 1 fully saturated rings. The van der Waals surface area contributed by atoms with E-state index in [0.717, 1.165) is 19.3 Å². The van der Waals surface area contributed by atoms with Gasteiger partial charge in [-0.1, -0.05) is 19.8 Å². The van der Waals surface area contributed by atoms with Crippen LogP contribution < -0.4 is 5.32 Å². The molecule has 5 nitrogen and oxygen atoms in total. The molecular formula is C16H21NO4. The third-order valence-electron chi connectivity index (χ3n) is 3.90. The highest BCUT2D eigenvalue weighted by Gasteiger charge is 2.23. The van der Waals surface area contributed by atoms with Crippen LogP contribution in [0.2, 0.25) is 0 Å². The lowest BCUT2D eigenvalue weighted by Gasteiger charge is -2.29. The molecule has 0 aromatic heterocycles. The summed E-state index contributed by atoms with van der Waals surface area (Å²) in [5.41, 5.74) is 0.312. The number of esters is 1. The Morgan fingerprint density at radius 1 is 1.24 bits per heavy atom. The zero-order valence-electron chi connectivity index (χ0n) is 12.2. The van der Waals surface area contributed by atoms with Crippen LogP contribution in [-0.2, 0) is 9.53 Å². The van der Waals surface area contributed by atoms with Gasteiger partial charge < -0.3 is 15.2 Å². The molecule has 2 N–H and O–H groups in total. The molecule has 0 bridgehead atoms. The fourth-order valence-corrected chi connectivity index (χ4v) is 2.59. The molecule has 1 saturated carbocycles. The molecule has 0 spiro atoms. The second-order valence-electron chi connectivity index (χ2n) is 5.56.